The van der Waals surface area contributed by atoms with Crippen LogP contribution in [0.3, 0.4) is 0 Å². The fourth-order valence-corrected chi connectivity index (χ4v) is 6.59. The minimum atomic E-state index is 0.619. The zero-order valence-corrected chi connectivity index (χ0v) is 21.1. The van der Waals surface area contributed by atoms with Crippen molar-refractivity contribution in [2.75, 3.05) is 0 Å². The summed E-state index contributed by atoms with van der Waals surface area (Å²) in [7, 11) is 0. The Hall–Kier alpha value is -4.87. The third-order valence-electron chi connectivity index (χ3n) is 7.09. The van der Waals surface area contributed by atoms with Gasteiger partial charge >= 0.3 is 0 Å². The molecule has 0 unspecified atom stereocenters. The number of hydrogen-bond donors (Lipinski definition) is 0. The first-order chi connectivity index (χ1) is 18.8. The molecule has 0 N–H and O–H groups in total. The zero-order valence-electron chi connectivity index (χ0n) is 20.2. The molecule has 4 aromatic heterocycles. The van der Waals surface area contributed by atoms with Crippen molar-refractivity contribution < 1.29 is 0 Å². The van der Waals surface area contributed by atoms with Crippen molar-refractivity contribution in [3.05, 3.63) is 121 Å². The first-order valence-electron chi connectivity index (χ1n) is 12.5. The molecule has 4 nitrogen and oxygen atoms in total. The molecule has 8 rings (SSSR count). The standard InChI is InChI=1S/C33H20N4S/c1-3-10-21(11-4-1)27-20-28(22-12-5-2-6-13-22)36-33(35-27)37-30-24(26-15-9-19-34-32(26)37)17-18-25-23-14-7-8-16-29(23)38-31(25)30/h1-20H. The maximum absolute atomic E-state index is 5.15. The van der Waals surface area contributed by atoms with Crippen molar-refractivity contribution >= 4 is 53.4 Å². The Balaban J connectivity index is 1.53. The van der Waals surface area contributed by atoms with Gasteiger partial charge in [-0.05, 0) is 24.3 Å². The summed E-state index contributed by atoms with van der Waals surface area (Å²) < 4.78 is 4.64. The van der Waals surface area contributed by atoms with Gasteiger partial charge in [0, 0.05) is 43.6 Å². The summed E-state index contributed by atoms with van der Waals surface area (Å²) in [5.74, 6) is 0.619. The van der Waals surface area contributed by atoms with Gasteiger partial charge in [-0.1, -0.05) is 91.0 Å². The van der Waals surface area contributed by atoms with Gasteiger partial charge in [-0.3, -0.25) is 4.57 Å². The van der Waals surface area contributed by atoms with Gasteiger partial charge in [0.25, 0.3) is 0 Å². The number of thiophene rings is 1. The van der Waals surface area contributed by atoms with Gasteiger partial charge in [0.15, 0.2) is 0 Å². The summed E-state index contributed by atoms with van der Waals surface area (Å²) >= 11 is 1.81. The zero-order chi connectivity index (χ0) is 25.1. The third-order valence-corrected chi connectivity index (χ3v) is 8.28. The van der Waals surface area contributed by atoms with E-state index in [4.69, 9.17) is 15.0 Å². The molecule has 0 saturated heterocycles. The van der Waals surface area contributed by atoms with E-state index in [0.29, 0.717) is 5.95 Å². The number of rotatable bonds is 3. The summed E-state index contributed by atoms with van der Waals surface area (Å²) in [6.45, 7) is 0. The second kappa shape index (κ2) is 8.33. The molecule has 0 bridgehead atoms. The first-order valence-corrected chi connectivity index (χ1v) is 13.4. The molecule has 0 atom stereocenters. The minimum Gasteiger partial charge on any atom is -0.260 e. The summed E-state index contributed by atoms with van der Waals surface area (Å²) in [5, 5.41) is 4.76. The fraction of sp³-hybridized carbons (Fsp3) is 0. The largest absolute Gasteiger partial charge is 0.260 e. The van der Waals surface area contributed by atoms with E-state index in [9.17, 15) is 0 Å². The molecule has 0 aliphatic rings. The van der Waals surface area contributed by atoms with Crippen LogP contribution in [0.4, 0.5) is 0 Å². The van der Waals surface area contributed by atoms with Gasteiger partial charge in [0.05, 0.1) is 21.6 Å². The van der Waals surface area contributed by atoms with Crippen molar-refractivity contribution in [2.24, 2.45) is 0 Å². The molecule has 0 fully saturated rings. The molecule has 8 aromatic rings. The molecule has 4 heterocycles. The van der Waals surface area contributed by atoms with Crippen LogP contribution in [0.15, 0.2) is 121 Å². The van der Waals surface area contributed by atoms with Crippen LogP contribution in [0.1, 0.15) is 0 Å². The lowest BCUT2D eigenvalue weighted by molar-refractivity contribution is 0.984. The molecule has 0 saturated carbocycles. The molecule has 0 aliphatic heterocycles. The number of nitrogens with zero attached hydrogens (tertiary/aromatic N) is 4. The average Bonchev–Trinajstić information content (AvgIpc) is 3.54. The van der Waals surface area contributed by atoms with Gasteiger partial charge in [0.2, 0.25) is 5.95 Å². The highest BCUT2D eigenvalue weighted by Gasteiger charge is 2.21. The van der Waals surface area contributed by atoms with E-state index in [0.717, 1.165) is 44.5 Å². The monoisotopic (exact) mass is 504 g/mol. The molecular formula is C33H20N4S. The van der Waals surface area contributed by atoms with E-state index in [1.807, 2.05) is 60.0 Å². The van der Waals surface area contributed by atoms with Crippen molar-refractivity contribution in [3.63, 3.8) is 0 Å². The second-order valence-corrected chi connectivity index (χ2v) is 10.4. The van der Waals surface area contributed by atoms with Gasteiger partial charge in [-0.15, -0.1) is 11.3 Å². The number of pyridine rings is 1. The summed E-state index contributed by atoms with van der Waals surface area (Å²) in [4.78, 5) is 15.1. The van der Waals surface area contributed by atoms with Crippen LogP contribution < -0.4 is 0 Å². The molecule has 0 radical (unpaired) electrons. The Morgan fingerprint density at radius 1 is 0.553 bits per heavy atom. The van der Waals surface area contributed by atoms with Crippen LogP contribution in [0.2, 0.25) is 0 Å². The van der Waals surface area contributed by atoms with Gasteiger partial charge < -0.3 is 0 Å². The third kappa shape index (κ3) is 3.19. The summed E-state index contributed by atoms with van der Waals surface area (Å²) in [5.41, 5.74) is 5.81. The molecule has 0 amide bonds. The quantitative estimate of drug-likeness (QED) is 0.242. The average molecular weight is 505 g/mol. The lowest BCUT2D eigenvalue weighted by atomic mass is 10.1. The number of aromatic nitrogens is 4. The maximum atomic E-state index is 5.15. The van der Waals surface area contributed by atoms with E-state index in [1.165, 1.54) is 20.2 Å². The minimum absolute atomic E-state index is 0.619. The normalized spacial score (nSPS) is 11.7. The maximum Gasteiger partial charge on any atom is 0.237 e. The lowest BCUT2D eigenvalue weighted by Gasteiger charge is -2.11. The Kier molecular flexibility index (Phi) is 4.66. The first kappa shape index (κ1) is 21.2. The molecule has 178 valence electrons. The van der Waals surface area contributed by atoms with Crippen molar-refractivity contribution in [1.82, 2.24) is 19.5 Å². The van der Waals surface area contributed by atoms with E-state index in [2.05, 4.69) is 77.4 Å². The Labute approximate surface area is 222 Å². The molecule has 38 heavy (non-hydrogen) atoms. The van der Waals surface area contributed by atoms with Crippen LogP contribution in [0.25, 0.3) is 70.6 Å². The van der Waals surface area contributed by atoms with Crippen LogP contribution in [0, 0.1) is 0 Å². The van der Waals surface area contributed by atoms with Crippen LogP contribution in [0.5, 0.6) is 0 Å². The fourth-order valence-electron chi connectivity index (χ4n) is 5.35. The second-order valence-electron chi connectivity index (χ2n) is 9.32. The lowest BCUT2D eigenvalue weighted by Crippen LogP contribution is -2.04. The Bertz CT molecular complexity index is 2070. The highest BCUT2D eigenvalue weighted by atomic mass is 32.1. The molecule has 0 spiro atoms. The predicted octanol–water partition coefficient (Wildman–Crippen LogP) is 8.67. The molecular weight excluding hydrogens is 484 g/mol. The van der Waals surface area contributed by atoms with E-state index >= 15 is 0 Å². The van der Waals surface area contributed by atoms with Gasteiger partial charge in [-0.25, -0.2) is 15.0 Å². The summed E-state index contributed by atoms with van der Waals surface area (Å²) in [6.07, 6.45) is 1.85. The van der Waals surface area contributed by atoms with Crippen molar-refractivity contribution in [1.29, 1.82) is 0 Å². The van der Waals surface area contributed by atoms with Crippen molar-refractivity contribution in [2.45, 2.75) is 0 Å². The van der Waals surface area contributed by atoms with E-state index in [1.54, 1.807) is 0 Å². The predicted molar refractivity (Wildman–Crippen MR) is 158 cm³/mol. The SMILES string of the molecule is c1ccc(-c2cc(-c3ccccc3)nc(-n3c4ncccc4c4ccc5c6ccccc6sc5c43)n2)cc1. The van der Waals surface area contributed by atoms with E-state index < -0.39 is 0 Å². The van der Waals surface area contributed by atoms with Crippen molar-refractivity contribution in [3.8, 4) is 28.5 Å². The highest BCUT2D eigenvalue weighted by molar-refractivity contribution is 7.26. The molecule has 5 heteroatoms. The smallest absolute Gasteiger partial charge is 0.237 e. The van der Waals surface area contributed by atoms with Gasteiger partial charge in [0.1, 0.15) is 5.65 Å². The summed E-state index contributed by atoms with van der Waals surface area (Å²) in [6, 6.07) is 39.9. The number of benzene rings is 4. The van der Waals surface area contributed by atoms with Gasteiger partial charge in [-0.2, -0.15) is 0 Å². The number of hydrogen-bond acceptors (Lipinski definition) is 4. The van der Waals surface area contributed by atoms with E-state index in [-0.39, 0.29) is 0 Å². The van der Waals surface area contributed by atoms with Crippen LogP contribution in [-0.4, -0.2) is 19.5 Å². The Morgan fingerprint density at radius 3 is 1.92 bits per heavy atom. The molecule has 0 aliphatic carbocycles. The Morgan fingerprint density at radius 2 is 1.18 bits per heavy atom. The molecule has 4 aromatic carbocycles. The van der Waals surface area contributed by atoms with Crippen LogP contribution in [-0.2, 0) is 0 Å². The number of fused-ring (bicyclic) bond motifs is 7. The highest BCUT2D eigenvalue weighted by Crippen LogP contribution is 2.42. The topological polar surface area (TPSA) is 43.6 Å². The van der Waals surface area contributed by atoms with Crippen LogP contribution >= 0.6 is 11.3 Å².